The number of ether oxygens (including phenoxy) is 3. The van der Waals surface area contributed by atoms with Gasteiger partial charge in [0.05, 0.1) is 35.5 Å². The maximum absolute atomic E-state index is 13.6. The molecule has 0 bridgehead atoms. The van der Waals surface area contributed by atoms with Crippen LogP contribution >= 0.6 is 27.5 Å². The minimum absolute atomic E-state index is 0.0221. The molecule has 0 heterocycles. The summed E-state index contributed by atoms with van der Waals surface area (Å²) in [5.74, 6) is 0.806. The monoisotopic (exact) mass is 671 g/mol. The SMILES string of the molecule is COc1ccc(S(=O)(=O)N(CC(=O)N/N=C\c2cc(Br)c(OCc3ccccc3)c(OC)c2)c2cccc(Cl)c2)cc1. The van der Waals surface area contributed by atoms with Crippen LogP contribution in [0, 0.1) is 0 Å². The molecule has 218 valence electrons. The molecule has 1 N–H and O–H groups in total. The van der Waals surface area contributed by atoms with Crippen molar-refractivity contribution in [2.75, 3.05) is 25.1 Å². The van der Waals surface area contributed by atoms with Crippen LogP contribution < -0.4 is 23.9 Å². The maximum atomic E-state index is 13.6. The molecule has 0 fully saturated rings. The molecule has 0 atom stereocenters. The number of nitrogens with zero attached hydrogens (tertiary/aromatic N) is 2. The number of halogens is 2. The van der Waals surface area contributed by atoms with Gasteiger partial charge in [-0.15, -0.1) is 0 Å². The van der Waals surface area contributed by atoms with Gasteiger partial charge in [-0.3, -0.25) is 9.10 Å². The van der Waals surface area contributed by atoms with Gasteiger partial charge in [-0.1, -0.05) is 48.0 Å². The molecule has 12 heteroatoms. The minimum Gasteiger partial charge on any atom is -0.497 e. The second kappa shape index (κ2) is 14.2. The molecular formula is C30H27BrClN3O6S. The molecule has 0 spiro atoms. The van der Waals surface area contributed by atoms with Gasteiger partial charge in [-0.05, 0) is 81.7 Å². The average molecular weight is 673 g/mol. The van der Waals surface area contributed by atoms with Crippen LogP contribution in [-0.2, 0) is 21.4 Å². The molecule has 0 aromatic heterocycles. The van der Waals surface area contributed by atoms with Crippen LogP contribution in [0.4, 0.5) is 5.69 Å². The fraction of sp³-hybridized carbons (Fsp3) is 0.133. The van der Waals surface area contributed by atoms with E-state index >= 15 is 0 Å². The summed E-state index contributed by atoms with van der Waals surface area (Å²) in [5.41, 5.74) is 4.21. The van der Waals surface area contributed by atoms with E-state index in [-0.39, 0.29) is 10.6 Å². The Morgan fingerprint density at radius 3 is 2.38 bits per heavy atom. The smallest absolute Gasteiger partial charge is 0.264 e. The first-order valence-corrected chi connectivity index (χ1v) is 15.1. The second-order valence-corrected chi connectivity index (χ2v) is 11.9. The van der Waals surface area contributed by atoms with Gasteiger partial charge in [0.2, 0.25) is 0 Å². The summed E-state index contributed by atoms with van der Waals surface area (Å²) in [6.45, 7) is -0.201. The molecule has 9 nitrogen and oxygen atoms in total. The van der Waals surface area contributed by atoms with Gasteiger partial charge in [0, 0.05) is 5.02 Å². The molecule has 4 aromatic rings. The number of nitrogens with one attached hydrogen (secondary N) is 1. The van der Waals surface area contributed by atoms with E-state index < -0.39 is 22.5 Å². The zero-order valence-electron chi connectivity index (χ0n) is 22.7. The van der Waals surface area contributed by atoms with E-state index in [0.29, 0.717) is 38.9 Å². The molecule has 0 aliphatic carbocycles. The number of methoxy groups -OCH3 is 2. The zero-order valence-corrected chi connectivity index (χ0v) is 25.8. The van der Waals surface area contributed by atoms with E-state index in [9.17, 15) is 13.2 Å². The third-order valence-electron chi connectivity index (χ3n) is 5.91. The summed E-state index contributed by atoms with van der Waals surface area (Å²) < 4.78 is 45.3. The summed E-state index contributed by atoms with van der Waals surface area (Å²) in [5, 5.41) is 4.33. The first-order valence-electron chi connectivity index (χ1n) is 12.5. The first-order chi connectivity index (χ1) is 20.2. The van der Waals surface area contributed by atoms with E-state index in [1.165, 1.54) is 50.8 Å². The molecule has 0 saturated carbocycles. The van der Waals surface area contributed by atoms with Crippen molar-refractivity contribution in [2.24, 2.45) is 5.10 Å². The van der Waals surface area contributed by atoms with Gasteiger partial charge in [-0.25, -0.2) is 13.8 Å². The first kappa shape index (κ1) is 30.9. The summed E-state index contributed by atoms with van der Waals surface area (Å²) in [4.78, 5) is 12.9. The summed E-state index contributed by atoms with van der Waals surface area (Å²) in [6.07, 6.45) is 1.41. The summed E-state index contributed by atoms with van der Waals surface area (Å²) in [6, 6.07) is 25.2. The Kier molecular flexibility index (Phi) is 10.5. The fourth-order valence-corrected chi connectivity index (χ4v) is 6.02. The number of benzene rings is 4. The minimum atomic E-state index is -4.14. The molecule has 0 radical (unpaired) electrons. The number of carbonyl (C=O) groups excluding carboxylic acids is 1. The molecule has 0 unspecified atom stereocenters. The number of hydrogen-bond acceptors (Lipinski definition) is 7. The Morgan fingerprint density at radius 1 is 0.976 bits per heavy atom. The predicted molar refractivity (Wildman–Crippen MR) is 166 cm³/mol. The Morgan fingerprint density at radius 2 is 1.71 bits per heavy atom. The van der Waals surface area contributed by atoms with Gasteiger partial charge in [0.25, 0.3) is 15.9 Å². The number of hydrogen-bond donors (Lipinski definition) is 1. The molecule has 0 aliphatic rings. The van der Waals surface area contributed by atoms with Crippen molar-refractivity contribution in [1.29, 1.82) is 0 Å². The molecule has 42 heavy (non-hydrogen) atoms. The molecule has 4 aromatic carbocycles. The Labute approximate surface area is 257 Å². The summed E-state index contributed by atoms with van der Waals surface area (Å²) in [7, 11) is -1.14. The highest BCUT2D eigenvalue weighted by atomic mass is 79.9. The topological polar surface area (TPSA) is 107 Å². The third-order valence-corrected chi connectivity index (χ3v) is 8.52. The average Bonchev–Trinajstić information content (AvgIpc) is 2.99. The Balaban J connectivity index is 1.49. The van der Waals surface area contributed by atoms with E-state index in [2.05, 4.69) is 26.5 Å². The second-order valence-electron chi connectivity index (χ2n) is 8.77. The lowest BCUT2D eigenvalue weighted by Gasteiger charge is -2.24. The van der Waals surface area contributed by atoms with Gasteiger partial charge in [0.1, 0.15) is 18.9 Å². The van der Waals surface area contributed by atoms with Crippen molar-refractivity contribution in [2.45, 2.75) is 11.5 Å². The predicted octanol–water partition coefficient (Wildman–Crippen LogP) is 6.04. The van der Waals surface area contributed by atoms with Gasteiger partial charge in [0.15, 0.2) is 11.5 Å². The van der Waals surface area contributed by atoms with Crippen molar-refractivity contribution >= 4 is 55.4 Å². The number of carbonyl (C=O) groups is 1. The quantitative estimate of drug-likeness (QED) is 0.145. The number of sulfonamides is 1. The van der Waals surface area contributed by atoms with E-state index in [0.717, 1.165) is 9.87 Å². The number of anilines is 1. The van der Waals surface area contributed by atoms with Gasteiger partial charge < -0.3 is 14.2 Å². The molecule has 0 aliphatic heterocycles. The normalized spacial score (nSPS) is 11.2. The van der Waals surface area contributed by atoms with Crippen LogP contribution in [-0.4, -0.2) is 41.3 Å². The maximum Gasteiger partial charge on any atom is 0.264 e. The molecule has 4 rings (SSSR count). The highest BCUT2D eigenvalue weighted by molar-refractivity contribution is 9.10. The standard InChI is InChI=1S/C30H27BrClN3O6S/c1-39-25-11-13-26(14-12-25)42(37,38)35(24-10-6-9-23(32)17-24)19-29(36)34-33-18-22-15-27(31)30(28(16-22)40-2)41-20-21-7-4-3-5-8-21/h3-18H,19-20H2,1-2H3,(H,34,36)/b33-18-. The highest BCUT2D eigenvalue weighted by Crippen LogP contribution is 2.37. The largest absolute Gasteiger partial charge is 0.497 e. The Hall–Kier alpha value is -4.06. The number of rotatable bonds is 12. The van der Waals surface area contributed by atoms with Crippen LogP contribution in [0.15, 0.2) is 105 Å². The molecule has 1 amide bonds. The van der Waals surface area contributed by atoms with Crippen LogP contribution in [0.3, 0.4) is 0 Å². The lowest BCUT2D eigenvalue weighted by molar-refractivity contribution is -0.119. The van der Waals surface area contributed by atoms with Crippen LogP contribution in [0.1, 0.15) is 11.1 Å². The van der Waals surface area contributed by atoms with Crippen molar-refractivity contribution < 1.29 is 27.4 Å². The van der Waals surface area contributed by atoms with Crippen LogP contribution in [0.25, 0.3) is 0 Å². The third kappa shape index (κ3) is 7.81. The lowest BCUT2D eigenvalue weighted by Crippen LogP contribution is -2.39. The van der Waals surface area contributed by atoms with Crippen molar-refractivity contribution in [3.05, 3.63) is 112 Å². The van der Waals surface area contributed by atoms with E-state index in [1.807, 2.05) is 30.3 Å². The lowest BCUT2D eigenvalue weighted by atomic mass is 10.2. The van der Waals surface area contributed by atoms with Gasteiger partial charge in [-0.2, -0.15) is 5.10 Å². The van der Waals surface area contributed by atoms with Gasteiger partial charge >= 0.3 is 0 Å². The van der Waals surface area contributed by atoms with Crippen LogP contribution in [0.2, 0.25) is 5.02 Å². The van der Waals surface area contributed by atoms with E-state index in [1.54, 1.807) is 30.3 Å². The zero-order chi connectivity index (χ0) is 30.1. The number of hydrazone groups is 1. The van der Waals surface area contributed by atoms with Crippen molar-refractivity contribution in [1.82, 2.24) is 5.43 Å². The fourth-order valence-electron chi connectivity index (χ4n) is 3.85. The van der Waals surface area contributed by atoms with E-state index in [4.69, 9.17) is 25.8 Å². The summed E-state index contributed by atoms with van der Waals surface area (Å²) >= 11 is 9.63. The number of amides is 1. The van der Waals surface area contributed by atoms with Crippen molar-refractivity contribution in [3.63, 3.8) is 0 Å². The molecule has 0 saturated heterocycles. The molecular weight excluding hydrogens is 646 g/mol. The van der Waals surface area contributed by atoms with Crippen LogP contribution in [0.5, 0.6) is 17.2 Å². The van der Waals surface area contributed by atoms with Crippen molar-refractivity contribution in [3.8, 4) is 17.2 Å². The highest BCUT2D eigenvalue weighted by Gasteiger charge is 2.27. The Bertz CT molecular complexity index is 1670.